The maximum atomic E-state index is 12.4. The predicted octanol–water partition coefficient (Wildman–Crippen LogP) is 4.72. The summed E-state index contributed by atoms with van der Waals surface area (Å²) in [6.07, 6.45) is 1.56. The van der Waals surface area contributed by atoms with Crippen molar-refractivity contribution in [3.63, 3.8) is 0 Å². The molecule has 0 fully saturated rings. The van der Waals surface area contributed by atoms with Crippen LogP contribution >= 0.6 is 23.4 Å². The van der Waals surface area contributed by atoms with Gasteiger partial charge in [0, 0.05) is 10.7 Å². The summed E-state index contributed by atoms with van der Waals surface area (Å²) in [5.41, 5.74) is 2.36. The number of halogens is 1. The third-order valence-electron chi connectivity index (χ3n) is 3.60. The number of thioether (sulfide) groups is 1. The Morgan fingerprint density at radius 2 is 2.08 bits per heavy atom. The monoisotopic (exact) mass is 377 g/mol. The smallest absolute Gasteiger partial charge is 0.277 e. The summed E-state index contributed by atoms with van der Waals surface area (Å²) in [6.45, 7) is 5.49. The van der Waals surface area contributed by atoms with Crippen LogP contribution in [-0.2, 0) is 4.79 Å². The van der Waals surface area contributed by atoms with Crippen LogP contribution in [-0.4, -0.2) is 21.4 Å². The molecule has 6 nitrogen and oxygen atoms in total. The van der Waals surface area contributed by atoms with Crippen LogP contribution in [0.1, 0.15) is 18.2 Å². The van der Waals surface area contributed by atoms with Gasteiger partial charge in [-0.25, -0.2) is 0 Å². The Bertz CT molecular complexity index is 906. The molecule has 0 saturated heterocycles. The van der Waals surface area contributed by atoms with Gasteiger partial charge in [0.25, 0.3) is 11.1 Å². The van der Waals surface area contributed by atoms with E-state index in [1.54, 1.807) is 31.4 Å². The molecule has 1 N–H and O–H groups in total. The van der Waals surface area contributed by atoms with Crippen molar-refractivity contribution < 1.29 is 13.6 Å². The molecular weight excluding hydrogens is 362 g/mol. The van der Waals surface area contributed by atoms with Crippen LogP contribution in [0.25, 0.3) is 11.5 Å². The van der Waals surface area contributed by atoms with Crippen LogP contribution in [0.5, 0.6) is 0 Å². The fourth-order valence-electron chi connectivity index (χ4n) is 2.14. The van der Waals surface area contributed by atoms with Crippen molar-refractivity contribution in [2.24, 2.45) is 0 Å². The van der Waals surface area contributed by atoms with E-state index in [-0.39, 0.29) is 5.91 Å². The van der Waals surface area contributed by atoms with Gasteiger partial charge in [0.05, 0.1) is 17.1 Å². The van der Waals surface area contributed by atoms with E-state index in [0.717, 1.165) is 11.1 Å². The zero-order chi connectivity index (χ0) is 18.0. The summed E-state index contributed by atoms with van der Waals surface area (Å²) in [5, 5.41) is 11.3. The summed E-state index contributed by atoms with van der Waals surface area (Å²) in [7, 11) is 0. The number of aromatic nitrogens is 2. The zero-order valence-electron chi connectivity index (χ0n) is 13.9. The molecule has 0 aliphatic rings. The van der Waals surface area contributed by atoms with Gasteiger partial charge in [0.1, 0.15) is 5.76 Å². The lowest BCUT2D eigenvalue weighted by atomic mass is 10.2. The first-order valence-electron chi connectivity index (χ1n) is 7.55. The molecule has 130 valence electrons. The van der Waals surface area contributed by atoms with Crippen LogP contribution in [0.3, 0.4) is 0 Å². The number of carbonyl (C=O) groups is 1. The number of hydrogen-bond donors (Lipinski definition) is 1. The molecule has 25 heavy (non-hydrogen) atoms. The molecule has 0 saturated carbocycles. The maximum absolute atomic E-state index is 12.4. The molecule has 2 aromatic heterocycles. The zero-order valence-corrected chi connectivity index (χ0v) is 15.4. The lowest BCUT2D eigenvalue weighted by Gasteiger charge is -2.12. The van der Waals surface area contributed by atoms with Crippen molar-refractivity contribution in [2.45, 2.75) is 31.2 Å². The van der Waals surface area contributed by atoms with E-state index >= 15 is 0 Å². The second kappa shape index (κ2) is 7.33. The molecule has 3 rings (SSSR count). The standard InChI is InChI=1S/C17H16ClN3O3S/c1-9-4-5-12(18)8-14(9)19-15(22)11(3)25-17-21-20-16(24-17)13-6-7-23-10(13)2/h4-8,11H,1-3H3,(H,19,22)/t11-/m0/s1. The van der Waals surface area contributed by atoms with Gasteiger partial charge in [0.15, 0.2) is 0 Å². The fourth-order valence-corrected chi connectivity index (χ4v) is 3.00. The average molecular weight is 378 g/mol. The van der Waals surface area contributed by atoms with Gasteiger partial charge >= 0.3 is 0 Å². The molecule has 0 aliphatic carbocycles. The van der Waals surface area contributed by atoms with Crippen molar-refractivity contribution in [3.8, 4) is 11.5 Å². The van der Waals surface area contributed by atoms with Crippen LogP contribution in [0.4, 0.5) is 5.69 Å². The SMILES string of the molecule is Cc1ccc(Cl)cc1NC(=O)[C@H](C)Sc1nnc(-c2ccoc2C)o1. The van der Waals surface area contributed by atoms with Crippen LogP contribution in [0.15, 0.2) is 44.6 Å². The predicted molar refractivity (Wildman–Crippen MR) is 96.9 cm³/mol. The van der Waals surface area contributed by atoms with Gasteiger partial charge < -0.3 is 14.2 Å². The van der Waals surface area contributed by atoms with Gasteiger partial charge in [-0.3, -0.25) is 4.79 Å². The number of carbonyl (C=O) groups excluding carboxylic acids is 1. The van der Waals surface area contributed by atoms with Gasteiger partial charge in [0.2, 0.25) is 5.91 Å². The molecule has 1 amide bonds. The number of rotatable bonds is 5. The summed E-state index contributed by atoms with van der Waals surface area (Å²) in [5.74, 6) is 0.893. The highest BCUT2D eigenvalue weighted by molar-refractivity contribution is 8.00. The largest absolute Gasteiger partial charge is 0.469 e. The molecule has 0 unspecified atom stereocenters. The van der Waals surface area contributed by atoms with E-state index in [9.17, 15) is 4.79 Å². The normalized spacial score (nSPS) is 12.2. The molecule has 2 heterocycles. The second-order valence-electron chi connectivity index (χ2n) is 5.47. The molecule has 1 atom stereocenters. The Hall–Kier alpha value is -2.25. The van der Waals surface area contributed by atoms with Crippen molar-refractivity contribution in [3.05, 3.63) is 46.9 Å². The highest BCUT2D eigenvalue weighted by Gasteiger charge is 2.20. The van der Waals surface area contributed by atoms with Crippen molar-refractivity contribution in [1.29, 1.82) is 0 Å². The number of nitrogens with zero attached hydrogens (tertiary/aromatic N) is 2. The fraction of sp³-hybridized carbons (Fsp3) is 0.235. The molecule has 3 aromatic rings. The molecule has 0 spiro atoms. The van der Waals surface area contributed by atoms with Gasteiger partial charge in [-0.2, -0.15) is 0 Å². The van der Waals surface area contributed by atoms with E-state index in [1.165, 1.54) is 11.8 Å². The van der Waals surface area contributed by atoms with Crippen molar-refractivity contribution >= 4 is 35.0 Å². The lowest BCUT2D eigenvalue weighted by molar-refractivity contribution is -0.115. The van der Waals surface area contributed by atoms with Crippen LogP contribution in [0.2, 0.25) is 5.02 Å². The van der Waals surface area contributed by atoms with Crippen molar-refractivity contribution in [2.75, 3.05) is 5.32 Å². The number of hydrogen-bond acceptors (Lipinski definition) is 6. The van der Waals surface area contributed by atoms with Gasteiger partial charge in [-0.1, -0.05) is 29.4 Å². The van der Waals surface area contributed by atoms with Crippen molar-refractivity contribution in [1.82, 2.24) is 10.2 Å². The molecule has 1 aromatic carbocycles. The van der Waals surface area contributed by atoms with Gasteiger partial charge in [-0.15, -0.1) is 10.2 Å². The van der Waals surface area contributed by atoms with E-state index in [2.05, 4.69) is 15.5 Å². The summed E-state index contributed by atoms with van der Waals surface area (Å²) in [4.78, 5) is 12.4. The second-order valence-corrected chi connectivity index (χ2v) is 7.20. The highest BCUT2D eigenvalue weighted by atomic mass is 35.5. The van der Waals surface area contributed by atoms with Crippen LogP contribution in [0, 0.1) is 13.8 Å². The lowest BCUT2D eigenvalue weighted by Crippen LogP contribution is -2.22. The minimum absolute atomic E-state index is 0.172. The maximum Gasteiger partial charge on any atom is 0.277 e. The topological polar surface area (TPSA) is 81.2 Å². The molecule has 8 heteroatoms. The Morgan fingerprint density at radius 1 is 1.28 bits per heavy atom. The highest BCUT2D eigenvalue weighted by Crippen LogP contribution is 2.29. The van der Waals surface area contributed by atoms with E-state index in [0.29, 0.717) is 27.6 Å². The number of nitrogens with one attached hydrogen (secondary N) is 1. The summed E-state index contributed by atoms with van der Waals surface area (Å²) >= 11 is 7.17. The first-order valence-corrected chi connectivity index (χ1v) is 8.81. The number of amides is 1. The first-order chi connectivity index (χ1) is 11.9. The number of benzene rings is 1. The number of aryl methyl sites for hydroxylation is 2. The molecule has 0 aliphatic heterocycles. The number of furan rings is 1. The third kappa shape index (κ3) is 4.05. The Kier molecular flexibility index (Phi) is 5.15. The van der Waals surface area contributed by atoms with Crippen LogP contribution < -0.4 is 5.32 Å². The van der Waals surface area contributed by atoms with E-state index < -0.39 is 5.25 Å². The average Bonchev–Trinajstić information content (AvgIpc) is 3.19. The quantitative estimate of drug-likeness (QED) is 0.648. The Labute approximate surface area is 154 Å². The number of anilines is 1. The van der Waals surface area contributed by atoms with Gasteiger partial charge in [-0.05, 0) is 44.5 Å². The van der Waals surface area contributed by atoms with E-state index in [4.69, 9.17) is 20.4 Å². The molecule has 0 bridgehead atoms. The summed E-state index contributed by atoms with van der Waals surface area (Å²) in [6, 6.07) is 7.11. The van der Waals surface area contributed by atoms with E-state index in [1.807, 2.05) is 19.9 Å². The minimum Gasteiger partial charge on any atom is -0.469 e. The molecular formula is C17H16ClN3O3S. The first kappa shape index (κ1) is 17.6. The summed E-state index contributed by atoms with van der Waals surface area (Å²) < 4.78 is 10.8. The minimum atomic E-state index is -0.419. The third-order valence-corrected chi connectivity index (χ3v) is 4.77. The Morgan fingerprint density at radius 3 is 2.80 bits per heavy atom. The Balaban J connectivity index is 1.67. The molecule has 0 radical (unpaired) electrons.